The molecule has 5 aromatic rings. The summed E-state index contributed by atoms with van der Waals surface area (Å²) in [6.45, 7) is 1.59. The van der Waals surface area contributed by atoms with E-state index in [1.807, 2.05) is 30.3 Å². The number of para-hydroxylation sites is 1. The van der Waals surface area contributed by atoms with Crippen molar-refractivity contribution < 1.29 is 23.8 Å². The molecule has 1 unspecified atom stereocenters. The first kappa shape index (κ1) is 29.6. The predicted octanol–water partition coefficient (Wildman–Crippen LogP) is 8.35. The molecule has 44 heavy (non-hydrogen) atoms. The second-order valence-corrected chi connectivity index (χ2v) is 12.5. The van der Waals surface area contributed by atoms with Crippen molar-refractivity contribution in [2.45, 2.75) is 23.1 Å². The molecule has 1 N–H and O–H groups in total. The van der Waals surface area contributed by atoms with Crippen LogP contribution in [-0.2, 0) is 15.3 Å². The van der Waals surface area contributed by atoms with Crippen LogP contribution in [0.5, 0.6) is 11.5 Å². The second kappa shape index (κ2) is 12.6. The van der Waals surface area contributed by atoms with Gasteiger partial charge in [0.15, 0.2) is 4.34 Å². The van der Waals surface area contributed by atoms with Crippen molar-refractivity contribution in [3.05, 3.63) is 136 Å². The molecular weight excluding hydrogens is 621 g/mol. The average Bonchev–Trinajstić information content (AvgIpc) is 3.60. The maximum absolute atomic E-state index is 14.5. The lowest BCUT2D eigenvalue weighted by Gasteiger charge is -2.23. The number of aliphatic hydroxyl groups excluding tert-OH is 1. The molecule has 7 nitrogen and oxygen atoms in total. The summed E-state index contributed by atoms with van der Waals surface area (Å²) in [6.07, 6.45) is 0. The number of halogens is 2. The summed E-state index contributed by atoms with van der Waals surface area (Å²) in [4.78, 5) is 28.4. The highest BCUT2D eigenvalue weighted by Crippen LogP contribution is 2.45. The molecule has 1 aromatic heterocycles. The minimum absolute atomic E-state index is 0.0734. The van der Waals surface area contributed by atoms with Gasteiger partial charge in [0, 0.05) is 16.3 Å². The van der Waals surface area contributed by atoms with Crippen LogP contribution in [0.15, 0.2) is 107 Å². The third kappa shape index (κ3) is 6.10. The molecule has 0 aliphatic carbocycles. The van der Waals surface area contributed by atoms with Crippen molar-refractivity contribution in [1.29, 1.82) is 0 Å². The van der Waals surface area contributed by atoms with Crippen LogP contribution in [0.4, 0.5) is 9.52 Å². The number of carbonyl (C=O) groups excluding carboxylic acids is 2. The highest BCUT2D eigenvalue weighted by atomic mass is 35.5. The molecule has 1 aliphatic heterocycles. The summed E-state index contributed by atoms with van der Waals surface area (Å²) >= 11 is 8.57. The average molecular weight is 644 g/mol. The van der Waals surface area contributed by atoms with Gasteiger partial charge in [-0.3, -0.25) is 14.5 Å². The van der Waals surface area contributed by atoms with Gasteiger partial charge in [-0.2, -0.15) is 0 Å². The Balaban J connectivity index is 1.40. The zero-order valence-electron chi connectivity index (χ0n) is 23.1. The molecule has 6 rings (SSSR count). The number of ether oxygens (including phenoxy) is 1. The first-order valence-electron chi connectivity index (χ1n) is 13.4. The fourth-order valence-electron chi connectivity index (χ4n) is 4.70. The monoisotopic (exact) mass is 643 g/mol. The van der Waals surface area contributed by atoms with Crippen molar-refractivity contribution in [2.24, 2.45) is 0 Å². The lowest BCUT2D eigenvalue weighted by molar-refractivity contribution is -0.132. The number of anilines is 1. The Labute approximate surface area is 265 Å². The van der Waals surface area contributed by atoms with Crippen LogP contribution in [0.1, 0.15) is 28.3 Å². The number of benzene rings is 4. The molecule has 1 atom stereocenters. The van der Waals surface area contributed by atoms with Crippen LogP contribution >= 0.6 is 34.7 Å². The standard InChI is InChI=1S/C33H23ClFN3O4S2/c1-19-10-13-22(17-26(19)35)29(39)27-28(21-6-5-9-25(16-21)42-24-7-3-2-4-8-24)38(31(41)30(27)40)32-36-37-33(44-32)43-18-20-11-14-23(34)15-12-20/h2-17,28,39H,18H2,1H3/b29-27+. The van der Waals surface area contributed by atoms with E-state index in [2.05, 4.69) is 10.2 Å². The summed E-state index contributed by atoms with van der Waals surface area (Å²) in [5, 5.41) is 20.7. The van der Waals surface area contributed by atoms with Gasteiger partial charge in [0.25, 0.3) is 5.78 Å². The normalized spacial score (nSPS) is 16.0. The lowest BCUT2D eigenvalue weighted by Crippen LogP contribution is -2.29. The third-order valence-electron chi connectivity index (χ3n) is 6.92. The number of rotatable bonds is 8. The SMILES string of the molecule is Cc1ccc(/C(O)=C2\C(=O)C(=O)N(c3nnc(SCc4ccc(Cl)cc4)s3)C2c2cccc(Oc3ccccc3)c2)cc1F. The van der Waals surface area contributed by atoms with Gasteiger partial charge in [0.05, 0.1) is 11.6 Å². The molecule has 1 amide bonds. The topological polar surface area (TPSA) is 92.6 Å². The maximum atomic E-state index is 14.5. The molecule has 0 saturated carbocycles. The molecule has 1 aliphatic rings. The number of nitrogens with zero attached hydrogens (tertiary/aromatic N) is 3. The smallest absolute Gasteiger partial charge is 0.301 e. The van der Waals surface area contributed by atoms with Gasteiger partial charge in [0.2, 0.25) is 5.13 Å². The molecule has 1 fully saturated rings. The third-order valence-corrected chi connectivity index (χ3v) is 9.30. The van der Waals surface area contributed by atoms with E-state index in [-0.39, 0.29) is 16.3 Å². The molecule has 2 heterocycles. The van der Waals surface area contributed by atoms with Crippen LogP contribution in [0.25, 0.3) is 5.76 Å². The Morgan fingerprint density at radius 3 is 2.48 bits per heavy atom. The number of ketones is 1. The van der Waals surface area contributed by atoms with Crippen LogP contribution in [0.3, 0.4) is 0 Å². The van der Waals surface area contributed by atoms with E-state index in [0.29, 0.717) is 37.7 Å². The summed E-state index contributed by atoms with van der Waals surface area (Å²) in [5.74, 6) is -1.21. The quantitative estimate of drug-likeness (QED) is 0.0597. The lowest BCUT2D eigenvalue weighted by atomic mass is 9.95. The van der Waals surface area contributed by atoms with E-state index in [4.69, 9.17) is 16.3 Å². The fraction of sp³-hybridized carbons (Fsp3) is 0.0909. The number of carbonyl (C=O) groups is 2. The highest BCUT2D eigenvalue weighted by molar-refractivity contribution is 8.00. The molecular formula is C33H23ClFN3O4S2. The molecule has 0 spiro atoms. The second-order valence-electron chi connectivity index (χ2n) is 9.89. The van der Waals surface area contributed by atoms with Crippen LogP contribution in [0.2, 0.25) is 5.02 Å². The van der Waals surface area contributed by atoms with Crippen molar-refractivity contribution in [3.8, 4) is 11.5 Å². The van der Waals surface area contributed by atoms with Gasteiger partial charge in [-0.15, -0.1) is 10.2 Å². The molecule has 4 aromatic carbocycles. The zero-order valence-corrected chi connectivity index (χ0v) is 25.5. The number of Topliss-reactive ketones (excluding diaryl/α,β-unsaturated/α-hetero) is 1. The number of thioether (sulfide) groups is 1. The molecule has 11 heteroatoms. The van der Waals surface area contributed by atoms with Crippen LogP contribution in [0, 0.1) is 12.7 Å². The van der Waals surface area contributed by atoms with Gasteiger partial charge < -0.3 is 9.84 Å². The van der Waals surface area contributed by atoms with E-state index in [1.54, 1.807) is 55.5 Å². The minimum Gasteiger partial charge on any atom is -0.507 e. The van der Waals surface area contributed by atoms with Crippen molar-refractivity contribution in [2.75, 3.05) is 4.90 Å². The largest absolute Gasteiger partial charge is 0.507 e. The van der Waals surface area contributed by atoms with E-state index < -0.39 is 29.3 Å². The number of amides is 1. The number of hydrogen-bond acceptors (Lipinski definition) is 8. The molecule has 0 radical (unpaired) electrons. The molecule has 1 saturated heterocycles. The first-order chi connectivity index (χ1) is 21.3. The van der Waals surface area contributed by atoms with E-state index >= 15 is 0 Å². The molecule has 220 valence electrons. The number of aromatic nitrogens is 2. The van der Waals surface area contributed by atoms with E-state index in [1.165, 1.54) is 28.8 Å². The number of aliphatic hydroxyl groups is 1. The summed E-state index contributed by atoms with van der Waals surface area (Å²) < 4.78 is 21.1. The summed E-state index contributed by atoms with van der Waals surface area (Å²) in [7, 11) is 0. The fourth-order valence-corrected chi connectivity index (χ4v) is 6.65. The summed E-state index contributed by atoms with van der Waals surface area (Å²) in [6, 6.07) is 26.5. The van der Waals surface area contributed by atoms with Crippen molar-refractivity contribution in [3.63, 3.8) is 0 Å². The Morgan fingerprint density at radius 1 is 0.977 bits per heavy atom. The van der Waals surface area contributed by atoms with E-state index in [0.717, 1.165) is 23.0 Å². The van der Waals surface area contributed by atoms with Crippen molar-refractivity contribution in [1.82, 2.24) is 10.2 Å². The Kier molecular flexibility index (Phi) is 8.47. The Bertz CT molecular complexity index is 1900. The van der Waals surface area contributed by atoms with Gasteiger partial charge in [-0.05, 0) is 66.1 Å². The van der Waals surface area contributed by atoms with Crippen LogP contribution in [-0.4, -0.2) is 27.0 Å². The van der Waals surface area contributed by atoms with Gasteiger partial charge in [-0.25, -0.2) is 4.39 Å². The predicted molar refractivity (Wildman–Crippen MR) is 170 cm³/mol. The highest BCUT2D eigenvalue weighted by Gasteiger charge is 2.48. The number of hydrogen-bond donors (Lipinski definition) is 1. The van der Waals surface area contributed by atoms with Gasteiger partial charge >= 0.3 is 5.91 Å². The van der Waals surface area contributed by atoms with Gasteiger partial charge in [0.1, 0.15) is 23.1 Å². The Morgan fingerprint density at radius 2 is 1.73 bits per heavy atom. The molecule has 0 bridgehead atoms. The van der Waals surface area contributed by atoms with Gasteiger partial charge in [-0.1, -0.05) is 89.3 Å². The minimum atomic E-state index is -1.08. The Hall–Kier alpha value is -4.51. The van der Waals surface area contributed by atoms with E-state index in [9.17, 15) is 19.1 Å². The zero-order chi connectivity index (χ0) is 30.8. The van der Waals surface area contributed by atoms with Crippen LogP contribution < -0.4 is 9.64 Å². The van der Waals surface area contributed by atoms with Crippen molar-refractivity contribution >= 4 is 57.3 Å². The maximum Gasteiger partial charge on any atom is 0.301 e. The number of aryl methyl sites for hydroxylation is 1. The first-order valence-corrected chi connectivity index (χ1v) is 15.6. The summed E-state index contributed by atoms with van der Waals surface area (Å²) in [5.41, 5.74) is 1.77.